The number of rotatable bonds is 4. The molecule has 1 aliphatic rings. The number of imidazole rings is 1. The number of H-pyrrole nitrogens is 1. The van der Waals surface area contributed by atoms with Gasteiger partial charge in [0.05, 0.1) is 16.7 Å². The third kappa shape index (κ3) is 4.15. The van der Waals surface area contributed by atoms with Crippen molar-refractivity contribution < 1.29 is 9.13 Å². The first kappa shape index (κ1) is 19.7. The van der Waals surface area contributed by atoms with Crippen LogP contribution in [0.25, 0.3) is 33.7 Å². The molecule has 3 aromatic heterocycles. The van der Waals surface area contributed by atoms with E-state index in [0.29, 0.717) is 17.2 Å². The Morgan fingerprint density at radius 1 is 1.00 bits per heavy atom. The Balaban J connectivity index is 1.34. The van der Waals surface area contributed by atoms with Crippen molar-refractivity contribution in [1.82, 2.24) is 19.9 Å². The number of aromatic amines is 1. The summed E-state index contributed by atoms with van der Waals surface area (Å²) in [6.07, 6.45) is 8.52. The maximum atomic E-state index is 13.5. The first-order valence-corrected chi connectivity index (χ1v) is 10.8. The van der Waals surface area contributed by atoms with Crippen LogP contribution in [0.3, 0.4) is 0 Å². The Kier molecular flexibility index (Phi) is 5.14. The van der Waals surface area contributed by atoms with Crippen molar-refractivity contribution in [2.45, 2.75) is 45.6 Å². The number of hydrogen-bond donors (Lipinski definition) is 1. The van der Waals surface area contributed by atoms with Crippen LogP contribution in [0.5, 0.6) is 5.88 Å². The van der Waals surface area contributed by atoms with Gasteiger partial charge in [-0.05, 0) is 68.4 Å². The van der Waals surface area contributed by atoms with Crippen LogP contribution < -0.4 is 4.74 Å². The molecule has 1 aliphatic carbocycles. The van der Waals surface area contributed by atoms with Crippen LogP contribution >= 0.6 is 0 Å². The Morgan fingerprint density at radius 3 is 2.58 bits per heavy atom. The van der Waals surface area contributed by atoms with Crippen molar-refractivity contribution in [2.24, 2.45) is 5.92 Å². The molecule has 0 bridgehead atoms. The predicted octanol–water partition coefficient (Wildman–Crippen LogP) is 6.09. The topological polar surface area (TPSA) is 63.7 Å². The molecule has 1 fully saturated rings. The zero-order chi connectivity index (χ0) is 21.4. The lowest BCUT2D eigenvalue weighted by molar-refractivity contribution is 0.130. The molecule has 6 heteroatoms. The number of nitrogens with zero attached hydrogens (tertiary/aromatic N) is 3. The number of benzene rings is 1. The van der Waals surface area contributed by atoms with E-state index in [9.17, 15) is 4.39 Å². The summed E-state index contributed by atoms with van der Waals surface area (Å²) >= 11 is 0. The minimum atomic E-state index is -0.297. The minimum absolute atomic E-state index is 0.270. The summed E-state index contributed by atoms with van der Waals surface area (Å²) in [6.45, 7) is 4.32. The lowest BCUT2D eigenvalue weighted by Crippen LogP contribution is -2.23. The van der Waals surface area contributed by atoms with E-state index in [1.807, 2.05) is 31.3 Å². The van der Waals surface area contributed by atoms with Crippen LogP contribution in [0.1, 0.15) is 38.2 Å². The molecule has 0 spiro atoms. The molecule has 0 amide bonds. The molecular weight excluding hydrogens is 391 g/mol. The largest absolute Gasteiger partial charge is 0.474 e. The van der Waals surface area contributed by atoms with Gasteiger partial charge in [-0.2, -0.15) is 0 Å². The summed E-state index contributed by atoms with van der Waals surface area (Å²) in [5.74, 6) is 1.86. The van der Waals surface area contributed by atoms with Gasteiger partial charge >= 0.3 is 0 Å². The number of halogens is 1. The fourth-order valence-corrected chi connectivity index (χ4v) is 4.19. The highest BCUT2D eigenvalue weighted by Crippen LogP contribution is 2.29. The average molecular weight is 417 g/mol. The first-order chi connectivity index (χ1) is 15.0. The molecule has 158 valence electrons. The van der Waals surface area contributed by atoms with Crippen LogP contribution in [0.4, 0.5) is 4.39 Å². The van der Waals surface area contributed by atoms with Crippen molar-refractivity contribution in [3.63, 3.8) is 0 Å². The number of nitrogens with one attached hydrogen (secondary N) is 1. The minimum Gasteiger partial charge on any atom is -0.474 e. The molecule has 1 saturated carbocycles. The maximum absolute atomic E-state index is 13.5. The van der Waals surface area contributed by atoms with Gasteiger partial charge in [-0.1, -0.05) is 6.92 Å². The van der Waals surface area contributed by atoms with E-state index >= 15 is 0 Å². The second kappa shape index (κ2) is 8.10. The average Bonchev–Trinajstić information content (AvgIpc) is 3.18. The molecule has 0 unspecified atom stereocenters. The van der Waals surface area contributed by atoms with E-state index in [1.54, 1.807) is 12.3 Å². The van der Waals surface area contributed by atoms with Crippen molar-refractivity contribution in [1.29, 1.82) is 0 Å². The van der Waals surface area contributed by atoms with E-state index in [2.05, 4.69) is 26.9 Å². The van der Waals surface area contributed by atoms with Gasteiger partial charge in [0.1, 0.15) is 17.7 Å². The van der Waals surface area contributed by atoms with Crippen molar-refractivity contribution in [3.05, 3.63) is 60.2 Å². The number of aromatic nitrogens is 4. The summed E-state index contributed by atoms with van der Waals surface area (Å²) < 4.78 is 19.5. The van der Waals surface area contributed by atoms with Gasteiger partial charge in [-0.15, -0.1) is 0 Å². The van der Waals surface area contributed by atoms with Crippen LogP contribution in [0.15, 0.2) is 48.8 Å². The van der Waals surface area contributed by atoms with E-state index in [1.165, 1.54) is 25.0 Å². The first-order valence-electron chi connectivity index (χ1n) is 10.8. The number of pyridine rings is 2. The SMILES string of the molecule is Cc1cc(-c2ccc(O[C@H]3CC[C@@H](C)CC3)nc2)ncc1-c1nc2cc(F)ccc2[nH]1. The monoisotopic (exact) mass is 416 g/mol. The second-order valence-corrected chi connectivity index (χ2v) is 8.52. The predicted molar refractivity (Wildman–Crippen MR) is 119 cm³/mol. The molecule has 1 aromatic carbocycles. The van der Waals surface area contributed by atoms with Gasteiger partial charge in [-0.3, -0.25) is 4.98 Å². The van der Waals surface area contributed by atoms with Crippen molar-refractivity contribution in [3.8, 4) is 28.5 Å². The molecule has 0 radical (unpaired) electrons. The smallest absolute Gasteiger partial charge is 0.213 e. The maximum Gasteiger partial charge on any atom is 0.213 e. The standard InChI is InChI=1S/C25H25FN4O/c1-15-3-7-19(8-4-15)31-24-10-5-17(13-28-24)22-11-16(2)20(14-27-22)25-29-21-9-6-18(26)12-23(21)30-25/h5-6,9-15,19H,3-4,7-8H2,1-2H3,(H,29,30)/t15-,19+. The summed E-state index contributed by atoms with van der Waals surface area (Å²) in [4.78, 5) is 16.9. The number of aryl methyl sites for hydroxylation is 1. The van der Waals surface area contributed by atoms with Crippen molar-refractivity contribution >= 4 is 11.0 Å². The van der Waals surface area contributed by atoms with Gasteiger partial charge in [0.2, 0.25) is 5.88 Å². The van der Waals surface area contributed by atoms with Crippen LogP contribution in [-0.2, 0) is 0 Å². The number of fused-ring (bicyclic) bond motifs is 1. The number of ether oxygens (including phenoxy) is 1. The second-order valence-electron chi connectivity index (χ2n) is 8.52. The normalized spacial score (nSPS) is 18.9. The van der Waals surface area contributed by atoms with E-state index < -0.39 is 0 Å². The molecule has 4 aromatic rings. The van der Waals surface area contributed by atoms with Gasteiger partial charge in [-0.25, -0.2) is 14.4 Å². The quantitative estimate of drug-likeness (QED) is 0.437. The molecule has 1 N–H and O–H groups in total. The highest BCUT2D eigenvalue weighted by atomic mass is 19.1. The zero-order valence-corrected chi connectivity index (χ0v) is 17.7. The van der Waals surface area contributed by atoms with Crippen LogP contribution in [-0.4, -0.2) is 26.0 Å². The summed E-state index contributed by atoms with van der Waals surface area (Å²) in [6, 6.07) is 10.5. The number of hydrogen-bond acceptors (Lipinski definition) is 4. The van der Waals surface area contributed by atoms with Gasteiger partial charge < -0.3 is 9.72 Å². The van der Waals surface area contributed by atoms with E-state index in [0.717, 1.165) is 46.7 Å². The van der Waals surface area contributed by atoms with Gasteiger partial charge in [0, 0.05) is 35.7 Å². The lowest BCUT2D eigenvalue weighted by Gasteiger charge is -2.26. The van der Waals surface area contributed by atoms with Crippen LogP contribution in [0, 0.1) is 18.7 Å². The molecule has 31 heavy (non-hydrogen) atoms. The highest BCUT2D eigenvalue weighted by Gasteiger charge is 2.20. The van der Waals surface area contributed by atoms with E-state index in [-0.39, 0.29) is 11.9 Å². The summed E-state index contributed by atoms with van der Waals surface area (Å²) in [5, 5.41) is 0. The molecule has 5 nitrogen and oxygen atoms in total. The Morgan fingerprint density at radius 2 is 1.84 bits per heavy atom. The third-order valence-electron chi connectivity index (χ3n) is 6.09. The fourth-order valence-electron chi connectivity index (χ4n) is 4.19. The molecule has 0 atom stereocenters. The molecular formula is C25H25FN4O. The van der Waals surface area contributed by atoms with Gasteiger partial charge in [0.25, 0.3) is 0 Å². The Bertz CT molecular complexity index is 1210. The molecule has 0 aliphatic heterocycles. The summed E-state index contributed by atoms with van der Waals surface area (Å²) in [5.41, 5.74) is 5.10. The molecule has 5 rings (SSSR count). The van der Waals surface area contributed by atoms with Crippen LogP contribution in [0.2, 0.25) is 0 Å². The molecule has 3 heterocycles. The zero-order valence-electron chi connectivity index (χ0n) is 17.7. The highest BCUT2D eigenvalue weighted by molar-refractivity contribution is 5.80. The van der Waals surface area contributed by atoms with Crippen molar-refractivity contribution in [2.75, 3.05) is 0 Å². The summed E-state index contributed by atoms with van der Waals surface area (Å²) in [7, 11) is 0. The Labute approximate surface area is 180 Å². The van der Waals surface area contributed by atoms with Gasteiger partial charge in [0.15, 0.2) is 0 Å². The molecule has 0 saturated heterocycles. The lowest BCUT2D eigenvalue weighted by atomic mass is 9.89. The Hall–Kier alpha value is -3.28. The fraction of sp³-hybridized carbons (Fsp3) is 0.320. The van der Waals surface area contributed by atoms with E-state index in [4.69, 9.17) is 4.74 Å². The third-order valence-corrected chi connectivity index (χ3v) is 6.09.